The molecule has 136 valence electrons. The van der Waals surface area contributed by atoms with Crippen LogP contribution < -0.4 is 5.32 Å². The summed E-state index contributed by atoms with van der Waals surface area (Å²) in [4.78, 5) is 4.58. The zero-order valence-electron chi connectivity index (χ0n) is 15.5. The lowest BCUT2D eigenvalue weighted by atomic mass is 10.0. The summed E-state index contributed by atoms with van der Waals surface area (Å²) in [5.41, 5.74) is 1.78. The van der Waals surface area contributed by atoms with Crippen LogP contribution in [0.3, 0.4) is 0 Å². The highest BCUT2D eigenvalue weighted by Gasteiger charge is 2.29. The molecule has 2 aromatic heterocycles. The molecule has 3 rings (SSSR count). The summed E-state index contributed by atoms with van der Waals surface area (Å²) in [6.45, 7) is 6.88. The third-order valence-electron chi connectivity index (χ3n) is 4.54. The molecular weight excluding hydrogens is 316 g/mol. The van der Waals surface area contributed by atoms with Crippen molar-refractivity contribution in [1.82, 2.24) is 14.8 Å². The van der Waals surface area contributed by atoms with Gasteiger partial charge in [0, 0.05) is 19.1 Å². The average molecular weight is 344 g/mol. The first kappa shape index (κ1) is 17.9. The van der Waals surface area contributed by atoms with Crippen LogP contribution in [-0.4, -0.2) is 33.1 Å². The van der Waals surface area contributed by atoms with Gasteiger partial charge in [0.1, 0.15) is 11.6 Å². The summed E-state index contributed by atoms with van der Waals surface area (Å²) in [5, 5.41) is 18.1. The molecule has 0 aromatic carbocycles. The molecule has 0 spiro atoms. The van der Waals surface area contributed by atoms with E-state index in [2.05, 4.69) is 37.1 Å². The Bertz CT molecular complexity index is 720. The lowest BCUT2D eigenvalue weighted by Gasteiger charge is -2.22. The first-order chi connectivity index (χ1) is 11.9. The number of anilines is 2. The lowest BCUT2D eigenvalue weighted by molar-refractivity contribution is 0.181. The van der Waals surface area contributed by atoms with E-state index in [1.165, 1.54) is 0 Å². The van der Waals surface area contributed by atoms with E-state index < -0.39 is 0 Å². The summed E-state index contributed by atoms with van der Waals surface area (Å²) in [6.07, 6.45) is 2.44. The summed E-state index contributed by atoms with van der Waals surface area (Å²) in [7, 11) is 1.67. The summed E-state index contributed by atoms with van der Waals surface area (Å²) in [5.74, 6) is 2.02. The molecule has 2 atom stereocenters. The van der Waals surface area contributed by atoms with Gasteiger partial charge in [-0.25, -0.2) is 9.67 Å². The second-order valence-corrected chi connectivity index (χ2v) is 7.77. The Kier molecular flexibility index (Phi) is 5.11. The maximum Gasteiger partial charge on any atom is 0.131 e. The van der Waals surface area contributed by atoms with Crippen molar-refractivity contribution in [1.29, 1.82) is 0 Å². The zero-order chi connectivity index (χ0) is 18.0. The van der Waals surface area contributed by atoms with Crippen LogP contribution in [0.2, 0.25) is 0 Å². The highest BCUT2D eigenvalue weighted by molar-refractivity contribution is 5.53. The number of aliphatic hydroxyl groups excluding tert-OH is 1. The predicted molar refractivity (Wildman–Crippen MR) is 98.1 cm³/mol. The van der Waals surface area contributed by atoms with Crippen molar-refractivity contribution >= 4 is 11.6 Å². The third-order valence-corrected chi connectivity index (χ3v) is 4.54. The number of aliphatic hydroxyl groups is 1. The van der Waals surface area contributed by atoms with Gasteiger partial charge in [0.25, 0.3) is 0 Å². The molecule has 6 heteroatoms. The molecule has 2 heterocycles. The van der Waals surface area contributed by atoms with Gasteiger partial charge in [0.05, 0.1) is 29.6 Å². The molecule has 6 nitrogen and oxygen atoms in total. The minimum absolute atomic E-state index is 0.151. The zero-order valence-corrected chi connectivity index (χ0v) is 15.5. The number of aromatic nitrogens is 3. The molecule has 2 N–H and O–H groups in total. The van der Waals surface area contributed by atoms with Crippen LogP contribution in [0.1, 0.15) is 57.3 Å². The minimum atomic E-state index is -0.200. The second-order valence-electron chi connectivity index (χ2n) is 7.77. The van der Waals surface area contributed by atoms with Crippen molar-refractivity contribution in [2.24, 2.45) is 0 Å². The summed E-state index contributed by atoms with van der Waals surface area (Å²) < 4.78 is 7.17. The van der Waals surface area contributed by atoms with E-state index in [1.54, 1.807) is 7.11 Å². The van der Waals surface area contributed by atoms with Crippen LogP contribution in [0.25, 0.3) is 0 Å². The smallest absolute Gasteiger partial charge is 0.131 e. The van der Waals surface area contributed by atoms with Crippen LogP contribution in [-0.2, 0) is 16.9 Å². The average Bonchev–Trinajstić information content (AvgIpc) is 3.14. The molecule has 0 amide bonds. The Hall–Kier alpha value is -1.92. The normalized spacial score (nSPS) is 20.8. The molecule has 1 saturated carbocycles. The van der Waals surface area contributed by atoms with Gasteiger partial charge in [0.2, 0.25) is 0 Å². The molecule has 0 unspecified atom stereocenters. The molecule has 0 saturated heterocycles. The van der Waals surface area contributed by atoms with Crippen LogP contribution in [0, 0.1) is 0 Å². The monoisotopic (exact) mass is 344 g/mol. The van der Waals surface area contributed by atoms with Gasteiger partial charge in [-0.15, -0.1) is 0 Å². The van der Waals surface area contributed by atoms with Crippen molar-refractivity contribution < 1.29 is 9.84 Å². The van der Waals surface area contributed by atoms with E-state index in [1.807, 2.05) is 22.9 Å². The standard InChI is InChI=1S/C19H28N4O2/c1-19(2,3)23-18(11-16(22-23)13-8-9-15(24)10-13)21-17-7-5-6-14(20-17)12-25-4/h5-7,11,13,15,24H,8-10,12H2,1-4H3,(H,20,21)/t13-,15+/m0/s1. The maximum absolute atomic E-state index is 9.84. The number of methoxy groups -OCH3 is 1. The SMILES string of the molecule is COCc1cccc(Nc2cc([C@H]3CC[C@@H](O)C3)nn2C(C)(C)C)n1. The molecule has 1 fully saturated rings. The van der Waals surface area contributed by atoms with Crippen molar-refractivity contribution in [2.75, 3.05) is 12.4 Å². The molecule has 0 radical (unpaired) electrons. The lowest BCUT2D eigenvalue weighted by Crippen LogP contribution is -2.25. The maximum atomic E-state index is 9.84. The molecular formula is C19H28N4O2. The Morgan fingerprint density at radius 3 is 2.76 bits per heavy atom. The number of rotatable bonds is 5. The highest BCUT2D eigenvalue weighted by atomic mass is 16.5. The van der Waals surface area contributed by atoms with Gasteiger partial charge in [-0.3, -0.25) is 0 Å². The fourth-order valence-electron chi connectivity index (χ4n) is 3.33. The van der Waals surface area contributed by atoms with E-state index in [4.69, 9.17) is 9.84 Å². The van der Waals surface area contributed by atoms with E-state index in [0.717, 1.165) is 42.3 Å². The summed E-state index contributed by atoms with van der Waals surface area (Å²) >= 11 is 0. The van der Waals surface area contributed by atoms with Crippen LogP contribution in [0.4, 0.5) is 11.6 Å². The van der Waals surface area contributed by atoms with Crippen molar-refractivity contribution in [2.45, 2.75) is 64.2 Å². The molecule has 2 aromatic rings. The Balaban J connectivity index is 1.89. The first-order valence-corrected chi connectivity index (χ1v) is 8.87. The molecule has 25 heavy (non-hydrogen) atoms. The van der Waals surface area contributed by atoms with E-state index in [0.29, 0.717) is 12.5 Å². The van der Waals surface area contributed by atoms with Crippen LogP contribution >= 0.6 is 0 Å². The quantitative estimate of drug-likeness (QED) is 0.868. The molecule has 0 aliphatic heterocycles. The van der Waals surface area contributed by atoms with Gasteiger partial charge in [-0.05, 0) is 52.2 Å². The molecule has 1 aliphatic rings. The summed E-state index contributed by atoms with van der Waals surface area (Å²) in [6, 6.07) is 7.95. The number of pyridine rings is 1. The molecule has 0 bridgehead atoms. The Morgan fingerprint density at radius 2 is 2.12 bits per heavy atom. The van der Waals surface area contributed by atoms with E-state index >= 15 is 0 Å². The predicted octanol–water partition coefficient (Wildman–Crippen LogP) is 3.55. The highest BCUT2D eigenvalue weighted by Crippen LogP contribution is 2.36. The third kappa shape index (κ3) is 4.19. The van der Waals surface area contributed by atoms with Crippen molar-refractivity contribution in [3.63, 3.8) is 0 Å². The van der Waals surface area contributed by atoms with Gasteiger partial charge in [-0.2, -0.15) is 5.10 Å². The Morgan fingerprint density at radius 1 is 1.32 bits per heavy atom. The van der Waals surface area contributed by atoms with E-state index in [9.17, 15) is 5.11 Å². The number of nitrogens with one attached hydrogen (secondary N) is 1. The second kappa shape index (κ2) is 7.14. The van der Waals surface area contributed by atoms with Crippen LogP contribution in [0.5, 0.6) is 0 Å². The first-order valence-electron chi connectivity index (χ1n) is 8.87. The minimum Gasteiger partial charge on any atom is -0.393 e. The van der Waals surface area contributed by atoms with Crippen molar-refractivity contribution in [3.05, 3.63) is 35.7 Å². The van der Waals surface area contributed by atoms with Gasteiger partial charge in [0.15, 0.2) is 0 Å². The topological polar surface area (TPSA) is 72.2 Å². The number of nitrogens with zero attached hydrogens (tertiary/aromatic N) is 3. The van der Waals surface area contributed by atoms with Crippen LogP contribution in [0.15, 0.2) is 24.3 Å². The van der Waals surface area contributed by atoms with Gasteiger partial charge >= 0.3 is 0 Å². The fourth-order valence-corrected chi connectivity index (χ4v) is 3.33. The van der Waals surface area contributed by atoms with Gasteiger partial charge in [-0.1, -0.05) is 6.07 Å². The van der Waals surface area contributed by atoms with Crippen molar-refractivity contribution in [3.8, 4) is 0 Å². The largest absolute Gasteiger partial charge is 0.393 e. The fraction of sp³-hybridized carbons (Fsp3) is 0.579. The number of hydrogen-bond donors (Lipinski definition) is 2. The van der Waals surface area contributed by atoms with E-state index in [-0.39, 0.29) is 11.6 Å². The molecule has 1 aliphatic carbocycles. The van der Waals surface area contributed by atoms with Gasteiger partial charge < -0.3 is 15.2 Å². The number of ether oxygens (including phenoxy) is 1. The Labute approximate surface area is 149 Å². The number of hydrogen-bond acceptors (Lipinski definition) is 5.